The first kappa shape index (κ1) is 17.7. The van der Waals surface area contributed by atoms with Gasteiger partial charge in [-0.3, -0.25) is 9.59 Å². The predicted molar refractivity (Wildman–Crippen MR) is 117 cm³/mol. The van der Waals surface area contributed by atoms with Crippen LogP contribution in [0.2, 0.25) is 0 Å². The molecule has 2 N–H and O–H groups in total. The number of carbonyl (C=O) groups is 2. The first-order valence-electron chi connectivity index (χ1n) is 8.59. The second kappa shape index (κ2) is 7.15. The summed E-state index contributed by atoms with van der Waals surface area (Å²) in [6.07, 6.45) is 0. The molecule has 1 aliphatic carbocycles. The summed E-state index contributed by atoms with van der Waals surface area (Å²) in [7, 11) is 0. The number of carbonyl (C=O) groups excluding carboxylic acids is 2. The summed E-state index contributed by atoms with van der Waals surface area (Å²) in [6, 6.07) is 18.6. The predicted octanol–water partition coefficient (Wildman–Crippen LogP) is 5.32. The third-order valence-electron chi connectivity index (χ3n) is 4.63. The van der Waals surface area contributed by atoms with Gasteiger partial charge in [0.05, 0.1) is 21.4 Å². The molecule has 0 atom stereocenters. The first-order valence-corrected chi connectivity index (χ1v) is 10.1. The van der Waals surface area contributed by atoms with Gasteiger partial charge in [-0.1, -0.05) is 59.0 Å². The van der Waals surface area contributed by atoms with Crippen molar-refractivity contribution in [2.24, 2.45) is 0 Å². The number of ketones is 2. The quantitative estimate of drug-likeness (QED) is 0.242. The van der Waals surface area contributed by atoms with Crippen LogP contribution in [-0.2, 0) is 0 Å². The fourth-order valence-corrected chi connectivity index (χ4v) is 3.84. The van der Waals surface area contributed by atoms with Crippen molar-refractivity contribution in [2.75, 3.05) is 15.2 Å². The molecule has 3 aromatic rings. The summed E-state index contributed by atoms with van der Waals surface area (Å²) in [6.45, 7) is 2.01. The lowest BCUT2D eigenvalue weighted by molar-refractivity contribution is 0.0980. The number of hydrogen-bond acceptors (Lipinski definition) is 4. The lowest BCUT2D eigenvalue weighted by Gasteiger charge is -2.23. The molecule has 0 saturated carbocycles. The molecule has 0 radical (unpaired) electrons. The number of fused-ring (bicyclic) bond motifs is 2. The van der Waals surface area contributed by atoms with Gasteiger partial charge in [0.2, 0.25) is 0 Å². The minimum absolute atomic E-state index is 0.125. The van der Waals surface area contributed by atoms with E-state index < -0.39 is 0 Å². The third kappa shape index (κ3) is 3.12. The van der Waals surface area contributed by atoms with Crippen molar-refractivity contribution >= 4 is 51.2 Å². The Labute approximate surface area is 171 Å². The van der Waals surface area contributed by atoms with Gasteiger partial charge in [-0.2, -0.15) is 0 Å². The van der Waals surface area contributed by atoms with Crippen LogP contribution in [0.25, 0.3) is 0 Å². The fourth-order valence-electron chi connectivity index (χ4n) is 3.42. The minimum Gasteiger partial charge on any atom is -0.375 e. The Morgan fingerprint density at radius 2 is 1.44 bits per heavy atom. The zero-order valence-electron chi connectivity index (χ0n) is 14.7. The molecule has 0 amide bonds. The van der Waals surface area contributed by atoms with Gasteiger partial charge in [0.1, 0.15) is 0 Å². The highest BCUT2D eigenvalue weighted by molar-refractivity contribution is 14.1. The number of alkyl halides is 1. The van der Waals surface area contributed by atoms with Gasteiger partial charge in [-0.15, -0.1) is 0 Å². The van der Waals surface area contributed by atoms with E-state index in [9.17, 15) is 9.59 Å². The highest BCUT2D eigenvalue weighted by Crippen LogP contribution is 2.37. The number of aryl methyl sites for hydroxylation is 1. The maximum atomic E-state index is 13.3. The molecule has 0 spiro atoms. The highest BCUT2D eigenvalue weighted by Gasteiger charge is 2.33. The number of benzene rings is 3. The molecule has 4 nitrogen and oxygen atoms in total. The molecule has 5 heteroatoms. The van der Waals surface area contributed by atoms with E-state index in [2.05, 4.69) is 33.2 Å². The summed E-state index contributed by atoms with van der Waals surface area (Å²) in [5, 5.41) is 6.52. The average Bonchev–Trinajstić information content (AvgIpc) is 2.67. The Balaban J connectivity index is 1.91. The molecule has 0 aromatic heterocycles. The van der Waals surface area contributed by atoms with E-state index in [0.717, 1.165) is 11.3 Å². The second-order valence-corrected chi connectivity index (χ2v) is 7.18. The second-order valence-electron chi connectivity index (χ2n) is 6.42. The number of anilines is 3. The van der Waals surface area contributed by atoms with Crippen molar-refractivity contribution in [3.63, 3.8) is 0 Å². The van der Waals surface area contributed by atoms with Crippen molar-refractivity contribution in [1.29, 1.82) is 0 Å². The van der Waals surface area contributed by atoms with Crippen LogP contribution < -0.4 is 10.6 Å². The lowest BCUT2D eigenvalue weighted by atomic mass is 9.82. The van der Waals surface area contributed by atoms with E-state index >= 15 is 0 Å². The Bertz CT molecular complexity index is 1080. The van der Waals surface area contributed by atoms with Crippen LogP contribution in [-0.4, -0.2) is 16.1 Å². The smallest absolute Gasteiger partial charge is 0.196 e. The van der Waals surface area contributed by atoms with Crippen molar-refractivity contribution in [2.45, 2.75) is 6.92 Å². The number of rotatable bonds is 4. The lowest BCUT2D eigenvalue weighted by Crippen LogP contribution is -2.23. The van der Waals surface area contributed by atoms with Crippen LogP contribution in [0.3, 0.4) is 0 Å². The zero-order chi connectivity index (χ0) is 19.0. The van der Waals surface area contributed by atoms with Crippen molar-refractivity contribution in [3.8, 4) is 0 Å². The van der Waals surface area contributed by atoms with Crippen molar-refractivity contribution < 1.29 is 9.59 Å². The van der Waals surface area contributed by atoms with Gasteiger partial charge in [0.25, 0.3) is 0 Å². The van der Waals surface area contributed by atoms with Crippen LogP contribution in [0.15, 0.2) is 60.7 Å². The maximum Gasteiger partial charge on any atom is 0.196 e. The molecule has 0 bridgehead atoms. The van der Waals surface area contributed by atoms with E-state index in [-0.39, 0.29) is 11.6 Å². The van der Waals surface area contributed by atoms with Crippen LogP contribution in [0.4, 0.5) is 17.1 Å². The Hall–Kier alpha value is -2.67. The first-order chi connectivity index (χ1) is 13.1. The molecule has 0 fully saturated rings. The van der Waals surface area contributed by atoms with Gasteiger partial charge < -0.3 is 10.6 Å². The highest BCUT2D eigenvalue weighted by atomic mass is 127. The van der Waals surface area contributed by atoms with Gasteiger partial charge >= 0.3 is 0 Å². The van der Waals surface area contributed by atoms with E-state index in [1.807, 2.05) is 43.3 Å². The SMILES string of the molecule is Cc1cccc(Nc2ccc(NCI)c3c2C(=O)c2ccccc2C3=O)c1. The molecule has 4 rings (SSSR count). The molecular weight excluding hydrogens is 451 g/mol. The van der Waals surface area contributed by atoms with E-state index in [1.54, 1.807) is 24.3 Å². The Kier molecular flexibility index (Phi) is 4.70. The Morgan fingerprint density at radius 3 is 2.07 bits per heavy atom. The summed E-state index contributed by atoms with van der Waals surface area (Å²) < 4.78 is 0.637. The average molecular weight is 468 g/mol. The maximum absolute atomic E-state index is 13.3. The van der Waals surface area contributed by atoms with Crippen LogP contribution in [0.1, 0.15) is 37.4 Å². The summed E-state index contributed by atoms with van der Waals surface area (Å²) in [5.74, 6) is -0.257. The van der Waals surface area contributed by atoms with Gasteiger partial charge in [-0.25, -0.2) is 0 Å². The Morgan fingerprint density at radius 1 is 0.815 bits per heavy atom. The van der Waals surface area contributed by atoms with Gasteiger partial charge in [-0.05, 0) is 36.8 Å². The molecule has 27 heavy (non-hydrogen) atoms. The molecular formula is C22H17IN2O2. The normalized spacial score (nSPS) is 12.4. The molecule has 0 heterocycles. The molecule has 3 aromatic carbocycles. The minimum atomic E-state index is -0.132. The summed E-state index contributed by atoms with van der Waals surface area (Å²) in [5.41, 5.74) is 5.09. The molecule has 0 aliphatic heterocycles. The van der Waals surface area contributed by atoms with E-state index in [4.69, 9.17) is 0 Å². The number of nitrogens with one attached hydrogen (secondary N) is 2. The number of hydrogen-bond donors (Lipinski definition) is 2. The van der Waals surface area contributed by atoms with Crippen LogP contribution in [0.5, 0.6) is 0 Å². The van der Waals surface area contributed by atoms with E-state index in [0.29, 0.717) is 38.2 Å². The van der Waals surface area contributed by atoms with E-state index in [1.165, 1.54) is 0 Å². The third-order valence-corrected chi connectivity index (χ3v) is 5.01. The fraction of sp³-hybridized carbons (Fsp3) is 0.0909. The van der Waals surface area contributed by atoms with Gasteiger partial charge in [0, 0.05) is 22.5 Å². The number of halogens is 1. The van der Waals surface area contributed by atoms with Crippen molar-refractivity contribution in [3.05, 3.63) is 88.5 Å². The molecule has 1 aliphatic rings. The monoisotopic (exact) mass is 468 g/mol. The summed E-state index contributed by atoms with van der Waals surface area (Å²) >= 11 is 2.19. The zero-order valence-corrected chi connectivity index (χ0v) is 16.8. The standard InChI is InChI=1S/C22H17IN2O2/c1-13-5-4-6-14(11-13)25-18-10-9-17(24-12-23)19-20(18)22(27)16-8-3-2-7-15(16)21(19)26/h2-11,24-25H,12H2,1H3. The van der Waals surface area contributed by atoms with Crippen molar-refractivity contribution in [1.82, 2.24) is 0 Å². The van der Waals surface area contributed by atoms with Crippen LogP contribution in [0, 0.1) is 6.92 Å². The largest absolute Gasteiger partial charge is 0.375 e. The molecule has 0 unspecified atom stereocenters. The van der Waals surface area contributed by atoms with Gasteiger partial charge in [0.15, 0.2) is 11.6 Å². The molecule has 134 valence electrons. The molecule has 0 saturated heterocycles. The topological polar surface area (TPSA) is 58.2 Å². The summed E-state index contributed by atoms with van der Waals surface area (Å²) in [4.78, 5) is 26.5. The van der Waals surface area contributed by atoms with Crippen LogP contribution >= 0.6 is 22.6 Å².